The largest absolute Gasteiger partial charge is 0.490 e. The fourth-order valence-corrected chi connectivity index (χ4v) is 6.01. The molecule has 2 aliphatic rings. The fourth-order valence-electron chi connectivity index (χ4n) is 6.01. The SMILES string of the molecule is C[C@@H]1CN([C@H](C)CO)C(=O)c2cc(NC(=O)Nc3ccc4c(c3)OCO4)ccc2O[C@@H](C)CCCCO[C@@H]1CN(C)C(=O)Cc1ccccc1. The molecule has 0 aromatic heterocycles. The summed E-state index contributed by atoms with van der Waals surface area (Å²) in [6, 6.07) is 18.7. The summed E-state index contributed by atoms with van der Waals surface area (Å²) in [5.74, 6) is 0.960. The number of benzene rings is 3. The number of aliphatic hydroxyl groups excluding tert-OH is 1. The molecule has 5 rings (SSSR count). The van der Waals surface area contributed by atoms with Crippen LogP contribution in [-0.4, -0.2) is 91.1 Å². The van der Waals surface area contributed by atoms with Gasteiger partial charge in [-0.15, -0.1) is 0 Å². The number of rotatable bonds is 8. The summed E-state index contributed by atoms with van der Waals surface area (Å²) in [7, 11) is 1.78. The van der Waals surface area contributed by atoms with Gasteiger partial charge in [0.1, 0.15) is 5.75 Å². The van der Waals surface area contributed by atoms with Crippen LogP contribution in [0.3, 0.4) is 0 Å². The minimum absolute atomic E-state index is 0.0226. The third-order valence-corrected chi connectivity index (χ3v) is 9.02. The molecular weight excluding hydrogens is 640 g/mol. The van der Waals surface area contributed by atoms with Gasteiger partial charge in [0.25, 0.3) is 5.91 Å². The zero-order valence-electron chi connectivity index (χ0n) is 29.2. The van der Waals surface area contributed by atoms with Gasteiger partial charge in [0, 0.05) is 50.1 Å². The lowest BCUT2D eigenvalue weighted by Gasteiger charge is -2.36. The molecule has 3 aromatic carbocycles. The van der Waals surface area contributed by atoms with Crippen molar-refractivity contribution < 1.29 is 38.4 Å². The number of amides is 4. The Labute approximate surface area is 293 Å². The van der Waals surface area contributed by atoms with Crippen molar-refractivity contribution in [2.45, 2.75) is 64.7 Å². The summed E-state index contributed by atoms with van der Waals surface area (Å²) < 4.78 is 23.5. The first kappa shape index (κ1) is 36.5. The molecule has 0 saturated heterocycles. The monoisotopic (exact) mass is 688 g/mol. The number of nitrogens with one attached hydrogen (secondary N) is 2. The molecule has 3 aromatic rings. The summed E-state index contributed by atoms with van der Waals surface area (Å²) in [6.07, 6.45) is 2.12. The van der Waals surface area contributed by atoms with Crippen LogP contribution < -0.4 is 24.8 Å². The minimum atomic E-state index is -0.535. The molecule has 4 atom stereocenters. The first-order chi connectivity index (χ1) is 24.1. The zero-order chi connectivity index (χ0) is 35.6. The normalized spacial score (nSPS) is 20.1. The molecule has 12 nitrogen and oxygen atoms in total. The van der Waals surface area contributed by atoms with E-state index in [2.05, 4.69) is 10.6 Å². The quantitative estimate of drug-likeness (QED) is 0.280. The maximum absolute atomic E-state index is 14.4. The number of aliphatic hydroxyl groups is 1. The molecule has 3 N–H and O–H groups in total. The lowest BCUT2D eigenvalue weighted by atomic mass is 10.0. The van der Waals surface area contributed by atoms with Gasteiger partial charge in [0.15, 0.2) is 11.5 Å². The molecule has 0 saturated carbocycles. The number of hydrogen-bond acceptors (Lipinski definition) is 8. The highest BCUT2D eigenvalue weighted by Gasteiger charge is 2.31. The lowest BCUT2D eigenvalue weighted by Crippen LogP contribution is -2.48. The molecule has 0 unspecified atom stereocenters. The van der Waals surface area contributed by atoms with E-state index in [9.17, 15) is 19.5 Å². The zero-order valence-corrected chi connectivity index (χ0v) is 29.2. The first-order valence-electron chi connectivity index (χ1n) is 17.2. The average molecular weight is 689 g/mol. The number of urea groups is 1. The molecule has 4 amide bonds. The van der Waals surface area contributed by atoms with E-state index in [0.29, 0.717) is 41.8 Å². The predicted molar refractivity (Wildman–Crippen MR) is 190 cm³/mol. The van der Waals surface area contributed by atoms with Gasteiger partial charge in [-0.05, 0) is 69.0 Å². The Morgan fingerprint density at radius 3 is 2.40 bits per heavy atom. The minimum Gasteiger partial charge on any atom is -0.490 e. The molecule has 268 valence electrons. The van der Waals surface area contributed by atoms with Gasteiger partial charge in [0.2, 0.25) is 12.7 Å². The van der Waals surface area contributed by atoms with Gasteiger partial charge in [0.05, 0.1) is 36.8 Å². The van der Waals surface area contributed by atoms with E-state index in [0.717, 1.165) is 24.8 Å². The van der Waals surface area contributed by atoms with Crippen LogP contribution in [0.1, 0.15) is 56.0 Å². The van der Waals surface area contributed by atoms with Crippen LogP contribution in [0.5, 0.6) is 17.2 Å². The Morgan fingerprint density at radius 1 is 0.960 bits per heavy atom. The van der Waals surface area contributed by atoms with Gasteiger partial charge in [-0.25, -0.2) is 4.79 Å². The fraction of sp³-hybridized carbons (Fsp3) is 0.447. The Balaban J connectivity index is 1.36. The number of hydrogen-bond donors (Lipinski definition) is 3. The summed E-state index contributed by atoms with van der Waals surface area (Å²) in [4.78, 5) is 43.9. The van der Waals surface area contributed by atoms with E-state index in [1.807, 2.05) is 44.2 Å². The van der Waals surface area contributed by atoms with Gasteiger partial charge in [-0.1, -0.05) is 37.3 Å². The van der Waals surface area contributed by atoms with Gasteiger partial charge in [-0.2, -0.15) is 0 Å². The molecule has 2 heterocycles. The van der Waals surface area contributed by atoms with Crippen LogP contribution >= 0.6 is 0 Å². The van der Waals surface area contributed by atoms with Gasteiger partial charge >= 0.3 is 6.03 Å². The second-order valence-electron chi connectivity index (χ2n) is 13.1. The maximum Gasteiger partial charge on any atom is 0.323 e. The van der Waals surface area contributed by atoms with Crippen molar-refractivity contribution in [3.63, 3.8) is 0 Å². The second-order valence-corrected chi connectivity index (χ2v) is 13.1. The Kier molecular flexibility index (Phi) is 12.6. The van der Waals surface area contributed by atoms with E-state index in [4.69, 9.17) is 18.9 Å². The van der Waals surface area contributed by atoms with Crippen LogP contribution in [0.4, 0.5) is 16.2 Å². The van der Waals surface area contributed by atoms with Crippen LogP contribution in [0, 0.1) is 5.92 Å². The molecule has 0 radical (unpaired) electrons. The Morgan fingerprint density at radius 2 is 1.66 bits per heavy atom. The number of carbonyl (C=O) groups is 3. The number of ether oxygens (including phenoxy) is 4. The number of anilines is 2. The molecule has 0 bridgehead atoms. The summed E-state index contributed by atoms with van der Waals surface area (Å²) >= 11 is 0. The third-order valence-electron chi connectivity index (χ3n) is 9.02. The average Bonchev–Trinajstić information content (AvgIpc) is 3.58. The van der Waals surface area contributed by atoms with Gasteiger partial charge < -0.3 is 44.5 Å². The van der Waals surface area contributed by atoms with Crippen molar-refractivity contribution in [1.82, 2.24) is 9.80 Å². The first-order valence-corrected chi connectivity index (χ1v) is 17.2. The molecule has 12 heteroatoms. The van der Waals surface area contributed by atoms with E-state index >= 15 is 0 Å². The van der Waals surface area contributed by atoms with Crippen molar-refractivity contribution >= 4 is 29.2 Å². The topological polar surface area (TPSA) is 139 Å². The van der Waals surface area contributed by atoms with Crippen LogP contribution in [0.25, 0.3) is 0 Å². The van der Waals surface area contributed by atoms with E-state index < -0.39 is 12.1 Å². The summed E-state index contributed by atoms with van der Waals surface area (Å²) in [6.45, 7) is 6.70. The molecule has 0 spiro atoms. The van der Waals surface area contributed by atoms with E-state index in [1.165, 1.54) is 0 Å². The Hall–Kier alpha value is -4.81. The highest BCUT2D eigenvalue weighted by molar-refractivity contribution is 6.02. The maximum atomic E-state index is 14.4. The van der Waals surface area contributed by atoms with E-state index in [1.54, 1.807) is 60.2 Å². The van der Waals surface area contributed by atoms with Crippen molar-refractivity contribution in [3.8, 4) is 17.2 Å². The Bertz CT molecular complexity index is 1620. The smallest absolute Gasteiger partial charge is 0.323 e. The standard InChI is InChI=1S/C38H48N4O8/c1-25-21-42(26(2)23-43)37(45)31-19-29(39-38(46)40-30-14-16-33-34(20-30)49-24-48-33)13-15-32(31)50-27(3)10-8-9-17-47-35(25)22-41(4)36(44)18-28-11-6-5-7-12-28/h5-7,11-16,19-20,25-27,35,43H,8-10,17-18,21-24H2,1-4H3,(H2,39,40,46)/t25-,26-,27+,35-/m1/s1. The predicted octanol–water partition coefficient (Wildman–Crippen LogP) is 5.56. The van der Waals surface area contributed by atoms with Crippen molar-refractivity contribution in [2.75, 3.05) is 50.8 Å². The van der Waals surface area contributed by atoms with Crippen molar-refractivity contribution in [2.24, 2.45) is 5.92 Å². The van der Waals surface area contributed by atoms with Gasteiger partial charge in [-0.3, -0.25) is 9.59 Å². The van der Waals surface area contributed by atoms with Crippen LogP contribution in [0.15, 0.2) is 66.7 Å². The molecule has 0 aliphatic carbocycles. The highest BCUT2D eigenvalue weighted by Crippen LogP contribution is 2.34. The lowest BCUT2D eigenvalue weighted by molar-refractivity contribution is -0.131. The molecular formula is C38H48N4O8. The molecule has 50 heavy (non-hydrogen) atoms. The highest BCUT2D eigenvalue weighted by atomic mass is 16.7. The van der Waals surface area contributed by atoms with Crippen LogP contribution in [0.2, 0.25) is 0 Å². The molecule has 2 aliphatic heterocycles. The number of fused-ring (bicyclic) bond motifs is 2. The van der Waals surface area contributed by atoms with E-state index in [-0.39, 0.29) is 61.9 Å². The van der Waals surface area contributed by atoms with Crippen molar-refractivity contribution in [1.29, 1.82) is 0 Å². The number of carbonyl (C=O) groups excluding carboxylic acids is 3. The summed E-state index contributed by atoms with van der Waals surface area (Å²) in [5, 5.41) is 15.9. The summed E-state index contributed by atoms with van der Waals surface area (Å²) in [5.41, 5.74) is 2.10. The number of likely N-dealkylation sites (N-methyl/N-ethyl adjacent to an activating group) is 1. The third kappa shape index (κ3) is 9.66. The second kappa shape index (κ2) is 17.2. The number of nitrogens with zero attached hydrogens (tertiary/aromatic N) is 2. The molecule has 0 fully saturated rings. The van der Waals surface area contributed by atoms with Crippen molar-refractivity contribution in [3.05, 3.63) is 77.9 Å². The van der Waals surface area contributed by atoms with Crippen LogP contribution in [-0.2, 0) is 16.0 Å².